The maximum Gasteiger partial charge on any atom is 0.0499 e. The Balaban J connectivity index is 1.88. The van der Waals surface area contributed by atoms with Crippen molar-refractivity contribution >= 4 is 5.69 Å². The van der Waals surface area contributed by atoms with Gasteiger partial charge in [-0.3, -0.25) is 0 Å². The number of anilines is 1. The molecule has 2 heteroatoms. The van der Waals surface area contributed by atoms with E-state index in [9.17, 15) is 0 Å². The number of benzene rings is 2. The minimum Gasteiger partial charge on any atom is -0.367 e. The van der Waals surface area contributed by atoms with Crippen LogP contribution in [0, 0.1) is 6.92 Å². The second-order valence-corrected chi connectivity index (χ2v) is 6.11. The lowest BCUT2D eigenvalue weighted by molar-refractivity contribution is 0.513. The Morgan fingerprint density at radius 3 is 2.62 bits per heavy atom. The molecular formula is C19H24N2. The van der Waals surface area contributed by atoms with Gasteiger partial charge in [0.05, 0.1) is 0 Å². The first-order valence-electron chi connectivity index (χ1n) is 7.83. The molecule has 1 aliphatic rings. The second kappa shape index (κ2) is 5.90. The van der Waals surface area contributed by atoms with Crippen molar-refractivity contribution in [1.29, 1.82) is 0 Å². The van der Waals surface area contributed by atoms with E-state index in [1.54, 1.807) is 0 Å². The molecule has 0 bridgehead atoms. The smallest absolute Gasteiger partial charge is 0.0499 e. The molecule has 0 fully saturated rings. The van der Waals surface area contributed by atoms with Crippen molar-refractivity contribution in [2.75, 3.05) is 11.4 Å². The van der Waals surface area contributed by atoms with Gasteiger partial charge >= 0.3 is 0 Å². The largest absolute Gasteiger partial charge is 0.367 e. The van der Waals surface area contributed by atoms with Crippen molar-refractivity contribution in [3.8, 4) is 0 Å². The fourth-order valence-corrected chi connectivity index (χ4v) is 3.33. The van der Waals surface area contributed by atoms with Crippen molar-refractivity contribution in [2.24, 2.45) is 5.73 Å². The number of nitrogens with two attached hydrogens (primary N) is 1. The molecule has 1 aliphatic heterocycles. The summed E-state index contributed by atoms with van der Waals surface area (Å²) < 4.78 is 0. The number of hydrogen-bond donors (Lipinski definition) is 1. The van der Waals surface area contributed by atoms with Crippen LogP contribution >= 0.6 is 0 Å². The summed E-state index contributed by atoms with van der Waals surface area (Å²) in [6, 6.07) is 17.6. The highest BCUT2D eigenvalue weighted by molar-refractivity contribution is 5.57. The lowest BCUT2D eigenvalue weighted by Gasteiger charge is -2.39. The molecule has 2 aromatic carbocycles. The van der Waals surface area contributed by atoms with E-state index >= 15 is 0 Å². The number of nitrogens with zero attached hydrogens (tertiary/aromatic N) is 1. The molecule has 110 valence electrons. The fraction of sp³-hybridized carbons (Fsp3) is 0.368. The van der Waals surface area contributed by atoms with E-state index in [1.807, 2.05) is 6.07 Å². The monoisotopic (exact) mass is 280 g/mol. The summed E-state index contributed by atoms with van der Waals surface area (Å²) in [7, 11) is 0. The van der Waals surface area contributed by atoms with Gasteiger partial charge in [-0.05, 0) is 43.9 Å². The maximum atomic E-state index is 6.51. The van der Waals surface area contributed by atoms with Crippen molar-refractivity contribution < 1.29 is 0 Å². The van der Waals surface area contributed by atoms with Crippen LogP contribution in [0.15, 0.2) is 48.5 Å². The molecular weight excluding hydrogens is 256 g/mol. The van der Waals surface area contributed by atoms with Gasteiger partial charge in [-0.15, -0.1) is 0 Å². The number of hydrogen-bond acceptors (Lipinski definition) is 2. The van der Waals surface area contributed by atoms with Gasteiger partial charge in [0.15, 0.2) is 0 Å². The van der Waals surface area contributed by atoms with E-state index in [4.69, 9.17) is 5.73 Å². The summed E-state index contributed by atoms with van der Waals surface area (Å²) in [6.07, 6.45) is 2.39. The predicted molar refractivity (Wildman–Crippen MR) is 89.7 cm³/mol. The van der Waals surface area contributed by atoms with Gasteiger partial charge in [-0.25, -0.2) is 0 Å². The van der Waals surface area contributed by atoms with Crippen LogP contribution < -0.4 is 10.6 Å². The summed E-state index contributed by atoms with van der Waals surface area (Å²) in [5.41, 5.74) is 11.9. The number of fused-ring (bicyclic) bond motifs is 1. The van der Waals surface area contributed by atoms with Crippen LogP contribution in [0.25, 0.3) is 0 Å². The van der Waals surface area contributed by atoms with E-state index in [0.29, 0.717) is 6.04 Å². The molecule has 21 heavy (non-hydrogen) atoms. The van der Waals surface area contributed by atoms with Crippen molar-refractivity contribution in [1.82, 2.24) is 0 Å². The molecule has 2 aromatic rings. The maximum absolute atomic E-state index is 6.51. The summed E-state index contributed by atoms with van der Waals surface area (Å²) in [6.45, 7) is 5.50. The molecule has 2 nitrogen and oxygen atoms in total. The zero-order valence-corrected chi connectivity index (χ0v) is 12.9. The summed E-state index contributed by atoms with van der Waals surface area (Å²) in [5, 5.41) is 0. The molecule has 0 saturated heterocycles. The highest BCUT2D eigenvalue weighted by atomic mass is 15.2. The zero-order chi connectivity index (χ0) is 14.8. The molecule has 0 saturated carbocycles. The Labute approximate surface area is 127 Å². The highest BCUT2D eigenvalue weighted by Gasteiger charge is 2.26. The fourth-order valence-electron chi connectivity index (χ4n) is 3.33. The van der Waals surface area contributed by atoms with Crippen LogP contribution in [0.2, 0.25) is 0 Å². The standard InChI is InChI=1S/C19H24N2/c1-14-10-11-18-17(13-14)9-6-12-21(18)15(2)19(20)16-7-4-3-5-8-16/h3-5,7-8,10-11,13,15,19H,6,9,12,20H2,1-2H3. The van der Waals surface area contributed by atoms with Crippen LogP contribution in [0.1, 0.15) is 36.1 Å². The SMILES string of the molecule is Cc1ccc2c(c1)CCCN2C(C)C(N)c1ccccc1. The molecule has 2 unspecified atom stereocenters. The zero-order valence-electron chi connectivity index (χ0n) is 12.9. The Kier molecular flexibility index (Phi) is 3.98. The summed E-state index contributed by atoms with van der Waals surface area (Å²) in [5.74, 6) is 0. The predicted octanol–water partition coefficient (Wildman–Crippen LogP) is 3.84. The Hall–Kier alpha value is -1.80. The molecule has 2 N–H and O–H groups in total. The van der Waals surface area contributed by atoms with E-state index in [1.165, 1.54) is 35.2 Å². The van der Waals surface area contributed by atoms with Crippen LogP contribution in [0.4, 0.5) is 5.69 Å². The van der Waals surface area contributed by atoms with Gasteiger partial charge in [-0.1, -0.05) is 48.0 Å². The molecule has 3 rings (SSSR count). The lowest BCUT2D eigenvalue weighted by atomic mass is 9.94. The molecule has 0 amide bonds. The van der Waals surface area contributed by atoms with Gasteiger partial charge < -0.3 is 10.6 Å². The van der Waals surface area contributed by atoms with Crippen LogP contribution in [0.5, 0.6) is 0 Å². The average Bonchev–Trinajstić information content (AvgIpc) is 2.53. The van der Waals surface area contributed by atoms with Gasteiger partial charge in [0.25, 0.3) is 0 Å². The third-order valence-electron chi connectivity index (χ3n) is 4.59. The third kappa shape index (κ3) is 2.81. The van der Waals surface area contributed by atoms with E-state index in [-0.39, 0.29) is 6.04 Å². The summed E-state index contributed by atoms with van der Waals surface area (Å²) >= 11 is 0. The third-order valence-corrected chi connectivity index (χ3v) is 4.59. The van der Waals surface area contributed by atoms with Crippen LogP contribution in [0.3, 0.4) is 0 Å². The van der Waals surface area contributed by atoms with Crippen molar-refractivity contribution in [2.45, 2.75) is 38.8 Å². The average molecular weight is 280 g/mol. The van der Waals surface area contributed by atoms with Crippen LogP contribution in [-0.2, 0) is 6.42 Å². The Morgan fingerprint density at radius 2 is 1.86 bits per heavy atom. The molecule has 1 heterocycles. The topological polar surface area (TPSA) is 29.3 Å². The number of rotatable bonds is 3. The molecule has 0 aromatic heterocycles. The van der Waals surface area contributed by atoms with Crippen molar-refractivity contribution in [3.05, 3.63) is 65.2 Å². The van der Waals surface area contributed by atoms with Crippen LogP contribution in [-0.4, -0.2) is 12.6 Å². The first-order chi connectivity index (χ1) is 10.2. The van der Waals surface area contributed by atoms with Gasteiger partial charge in [-0.2, -0.15) is 0 Å². The second-order valence-electron chi connectivity index (χ2n) is 6.11. The van der Waals surface area contributed by atoms with Gasteiger partial charge in [0.1, 0.15) is 0 Å². The van der Waals surface area contributed by atoms with E-state index < -0.39 is 0 Å². The molecule has 0 spiro atoms. The van der Waals surface area contributed by atoms with Gasteiger partial charge in [0, 0.05) is 24.3 Å². The quantitative estimate of drug-likeness (QED) is 0.925. The number of aryl methyl sites for hydroxylation is 2. The first kappa shape index (κ1) is 14.2. The molecule has 0 aliphatic carbocycles. The summed E-state index contributed by atoms with van der Waals surface area (Å²) in [4.78, 5) is 2.48. The highest BCUT2D eigenvalue weighted by Crippen LogP contribution is 2.32. The van der Waals surface area contributed by atoms with E-state index in [2.05, 4.69) is 61.2 Å². The molecule has 2 atom stereocenters. The van der Waals surface area contributed by atoms with Gasteiger partial charge in [0.2, 0.25) is 0 Å². The normalized spacial score (nSPS) is 17.2. The van der Waals surface area contributed by atoms with E-state index in [0.717, 1.165) is 6.54 Å². The van der Waals surface area contributed by atoms with Crippen molar-refractivity contribution in [3.63, 3.8) is 0 Å². The minimum atomic E-state index is 0.0402. The minimum absolute atomic E-state index is 0.0402. The Bertz CT molecular complexity index is 606. The Morgan fingerprint density at radius 1 is 1.10 bits per heavy atom. The first-order valence-corrected chi connectivity index (χ1v) is 7.83. The molecule has 0 radical (unpaired) electrons. The lowest BCUT2D eigenvalue weighted by Crippen LogP contribution is -2.43.